The second-order valence-corrected chi connectivity index (χ2v) is 14.3. The summed E-state index contributed by atoms with van der Waals surface area (Å²) in [5.74, 6) is 2.44. The van der Waals surface area contributed by atoms with Crippen molar-refractivity contribution in [2.45, 2.75) is 13.8 Å². The average molecular weight is 733 g/mol. The van der Waals surface area contributed by atoms with Crippen LogP contribution in [0.15, 0.2) is 182 Å². The Kier molecular flexibility index (Phi) is 8.49. The highest BCUT2D eigenvalue weighted by Gasteiger charge is 2.21. The summed E-state index contributed by atoms with van der Waals surface area (Å²) in [6.45, 7) is 4.30. The van der Waals surface area contributed by atoms with E-state index in [0.717, 1.165) is 61.5 Å². The van der Waals surface area contributed by atoms with Crippen molar-refractivity contribution in [2.75, 3.05) is 0 Å². The molecule has 3 aromatic heterocycles. The Morgan fingerprint density at radius 1 is 0.333 bits per heavy atom. The maximum absolute atomic E-state index is 5.35. The molecule has 10 aromatic rings. The van der Waals surface area contributed by atoms with Crippen molar-refractivity contribution >= 4 is 21.8 Å². The highest BCUT2D eigenvalue weighted by atomic mass is 15.0. The van der Waals surface area contributed by atoms with Crippen LogP contribution < -0.4 is 0 Å². The predicted molar refractivity (Wildman–Crippen MR) is 232 cm³/mol. The Labute approximate surface area is 330 Å². The zero-order valence-electron chi connectivity index (χ0n) is 31.5. The molecule has 0 saturated carbocycles. The summed E-state index contributed by atoms with van der Waals surface area (Å²) in [7, 11) is 0. The van der Waals surface area contributed by atoms with Crippen LogP contribution in [0, 0.1) is 13.8 Å². The maximum Gasteiger partial charge on any atom is 0.164 e. The highest BCUT2D eigenvalue weighted by Crippen LogP contribution is 2.39. The van der Waals surface area contributed by atoms with E-state index in [9.17, 15) is 0 Å². The molecule has 270 valence electrons. The molecule has 0 unspecified atom stereocenters. The lowest BCUT2D eigenvalue weighted by Gasteiger charge is -2.17. The molecule has 0 atom stereocenters. The quantitative estimate of drug-likeness (QED) is 0.163. The predicted octanol–water partition coefficient (Wildman–Crippen LogP) is 12.4. The smallest absolute Gasteiger partial charge is 0.164 e. The first-order valence-electron chi connectivity index (χ1n) is 19.1. The van der Waals surface area contributed by atoms with Crippen molar-refractivity contribution < 1.29 is 0 Å². The van der Waals surface area contributed by atoms with Crippen molar-refractivity contribution in [2.24, 2.45) is 0 Å². The third-order valence-electron chi connectivity index (χ3n) is 10.4. The number of fused-ring (bicyclic) bond motifs is 3. The molecule has 7 aromatic carbocycles. The minimum absolute atomic E-state index is 0.574. The molecule has 6 heteroatoms. The van der Waals surface area contributed by atoms with Crippen LogP contribution in [0.5, 0.6) is 0 Å². The van der Waals surface area contributed by atoms with Crippen molar-refractivity contribution in [3.05, 3.63) is 193 Å². The number of aromatic nitrogens is 6. The summed E-state index contributed by atoms with van der Waals surface area (Å²) >= 11 is 0. The first-order valence-corrected chi connectivity index (χ1v) is 19.1. The first kappa shape index (κ1) is 34.0. The Morgan fingerprint density at radius 2 is 0.754 bits per heavy atom. The lowest BCUT2D eigenvalue weighted by molar-refractivity contribution is 1.07. The van der Waals surface area contributed by atoms with Gasteiger partial charge in [0.05, 0.1) is 28.1 Å². The zero-order valence-corrected chi connectivity index (χ0v) is 31.5. The number of rotatable bonds is 7. The lowest BCUT2D eigenvalue weighted by Crippen LogP contribution is -2.03. The zero-order chi connectivity index (χ0) is 38.3. The molecule has 0 radical (unpaired) electrons. The second-order valence-electron chi connectivity index (χ2n) is 14.3. The van der Waals surface area contributed by atoms with E-state index in [0.29, 0.717) is 23.3 Å². The molecule has 0 amide bonds. The largest absolute Gasteiger partial charge is 0.309 e. The molecule has 0 aliphatic rings. The van der Waals surface area contributed by atoms with Crippen molar-refractivity contribution in [3.63, 3.8) is 0 Å². The van der Waals surface area contributed by atoms with Crippen LogP contribution in [0.2, 0.25) is 0 Å². The molecule has 0 saturated heterocycles. The fourth-order valence-corrected chi connectivity index (χ4v) is 7.57. The fourth-order valence-electron chi connectivity index (χ4n) is 7.57. The molecule has 0 bridgehead atoms. The molecule has 0 aliphatic heterocycles. The van der Waals surface area contributed by atoms with Gasteiger partial charge in [-0.15, -0.1) is 0 Å². The summed E-state index contributed by atoms with van der Waals surface area (Å²) in [6.07, 6.45) is 0. The van der Waals surface area contributed by atoms with E-state index >= 15 is 0 Å². The SMILES string of the molecule is Cc1ccc2c3ccc(C)cc3n(-c3ccc(-c4nc(-c5ccccc5)nc(-c5ccccc5)n4)cc3-c3cc(-c4ccccc4)nc(-c4ccccc4)n3)c2c1. The van der Waals surface area contributed by atoms with Gasteiger partial charge in [-0.05, 0) is 61.4 Å². The topological polar surface area (TPSA) is 69.4 Å². The van der Waals surface area contributed by atoms with E-state index in [1.165, 1.54) is 21.9 Å². The normalized spacial score (nSPS) is 11.3. The molecule has 0 aliphatic carbocycles. The van der Waals surface area contributed by atoms with Crippen LogP contribution in [0.1, 0.15) is 11.1 Å². The van der Waals surface area contributed by atoms with Gasteiger partial charge in [0.15, 0.2) is 23.3 Å². The van der Waals surface area contributed by atoms with Gasteiger partial charge in [0, 0.05) is 44.2 Å². The molecule has 6 nitrogen and oxygen atoms in total. The highest BCUT2D eigenvalue weighted by molar-refractivity contribution is 6.10. The third kappa shape index (κ3) is 6.43. The van der Waals surface area contributed by atoms with Gasteiger partial charge in [0.25, 0.3) is 0 Å². The molecule has 0 N–H and O–H groups in total. The third-order valence-corrected chi connectivity index (χ3v) is 10.4. The van der Waals surface area contributed by atoms with Crippen molar-refractivity contribution in [1.82, 2.24) is 29.5 Å². The second kappa shape index (κ2) is 14.3. The van der Waals surface area contributed by atoms with Gasteiger partial charge < -0.3 is 4.57 Å². The standard InChI is InChI=1S/C51H36N6/c1-33-23-26-40-41-27-24-34(2)30-47(41)57(46(40)29-33)45-28-25-39(51-55-49(37-19-11-5-12-20-37)54-50(56-51)38-21-13-6-14-22-38)31-42(45)44-32-43(35-15-7-3-8-16-35)52-48(53-44)36-17-9-4-10-18-36/h3-32H,1-2H3. The van der Waals surface area contributed by atoms with E-state index in [2.05, 4.69) is 103 Å². The lowest BCUT2D eigenvalue weighted by atomic mass is 10.0. The monoisotopic (exact) mass is 732 g/mol. The molecule has 57 heavy (non-hydrogen) atoms. The van der Waals surface area contributed by atoms with E-state index in [1.54, 1.807) is 0 Å². The van der Waals surface area contributed by atoms with Crippen molar-refractivity contribution in [1.29, 1.82) is 0 Å². The van der Waals surface area contributed by atoms with Gasteiger partial charge in [-0.25, -0.2) is 24.9 Å². The van der Waals surface area contributed by atoms with Gasteiger partial charge >= 0.3 is 0 Å². The molecule has 0 spiro atoms. The number of hydrogen-bond donors (Lipinski definition) is 0. The minimum Gasteiger partial charge on any atom is -0.309 e. The van der Waals surface area contributed by atoms with Gasteiger partial charge in [0.1, 0.15) is 0 Å². The van der Waals surface area contributed by atoms with Crippen molar-refractivity contribution in [3.8, 4) is 73.8 Å². The Balaban J connectivity index is 1.28. The molecule has 10 rings (SSSR count). The van der Waals surface area contributed by atoms with Crippen LogP contribution in [-0.4, -0.2) is 29.5 Å². The van der Waals surface area contributed by atoms with Crippen LogP contribution in [0.3, 0.4) is 0 Å². The Hall–Kier alpha value is -7.57. The average Bonchev–Trinajstić information content (AvgIpc) is 3.59. The number of benzene rings is 7. The summed E-state index contributed by atoms with van der Waals surface area (Å²) in [5.41, 5.74) is 12.8. The first-order chi connectivity index (χ1) is 28.1. The van der Waals surface area contributed by atoms with Gasteiger partial charge in [-0.2, -0.15) is 0 Å². The van der Waals surface area contributed by atoms with E-state index in [1.807, 2.05) is 97.1 Å². The molecule has 0 fully saturated rings. The minimum atomic E-state index is 0.574. The number of hydrogen-bond acceptors (Lipinski definition) is 5. The van der Waals surface area contributed by atoms with Crippen LogP contribution in [0.4, 0.5) is 0 Å². The Morgan fingerprint density at radius 3 is 1.25 bits per heavy atom. The molecular formula is C51H36N6. The summed E-state index contributed by atoms with van der Waals surface area (Å²) < 4.78 is 2.38. The van der Waals surface area contributed by atoms with Gasteiger partial charge in [-0.3, -0.25) is 0 Å². The van der Waals surface area contributed by atoms with Gasteiger partial charge in [-0.1, -0.05) is 146 Å². The number of nitrogens with zero attached hydrogens (tertiary/aromatic N) is 6. The van der Waals surface area contributed by atoms with E-state index in [-0.39, 0.29) is 0 Å². The van der Waals surface area contributed by atoms with E-state index < -0.39 is 0 Å². The maximum atomic E-state index is 5.35. The summed E-state index contributed by atoms with van der Waals surface area (Å²) in [5, 5.41) is 2.39. The Bertz CT molecular complexity index is 2890. The van der Waals surface area contributed by atoms with Crippen LogP contribution in [0.25, 0.3) is 95.6 Å². The molecule has 3 heterocycles. The number of aryl methyl sites for hydroxylation is 2. The molecular weight excluding hydrogens is 697 g/mol. The van der Waals surface area contributed by atoms with Crippen LogP contribution in [-0.2, 0) is 0 Å². The summed E-state index contributed by atoms with van der Waals surface area (Å²) in [4.78, 5) is 25.7. The van der Waals surface area contributed by atoms with E-state index in [4.69, 9.17) is 24.9 Å². The summed E-state index contributed by atoms with van der Waals surface area (Å²) in [6, 6.07) is 62.7. The van der Waals surface area contributed by atoms with Crippen LogP contribution >= 0.6 is 0 Å². The van der Waals surface area contributed by atoms with Gasteiger partial charge in [0.2, 0.25) is 0 Å². The fraction of sp³-hybridized carbons (Fsp3) is 0.0392.